The van der Waals surface area contributed by atoms with Crippen LogP contribution in [-0.4, -0.2) is 47.3 Å². The standard InChI is InChI=1S/C20H22F3N5O/c1-27(17-8-12-28(13-9-17)11-2-14-29)18-7-10-24-19(26-18)25-16-5-3-15(4-6-16)20(21,22)23/h2-7,10-11,14,17H,8-9,12-13H2,1H3,(H,24,25,26). The number of carbonyl (C=O) groups is 1. The molecule has 1 fully saturated rings. The average molecular weight is 405 g/mol. The molecule has 1 N–H and O–H groups in total. The Morgan fingerprint density at radius 3 is 2.48 bits per heavy atom. The molecule has 0 radical (unpaired) electrons. The maximum Gasteiger partial charge on any atom is 0.416 e. The second-order valence-corrected chi connectivity index (χ2v) is 6.79. The van der Waals surface area contributed by atoms with E-state index in [1.54, 1.807) is 18.5 Å². The van der Waals surface area contributed by atoms with Gasteiger partial charge in [-0.1, -0.05) is 0 Å². The smallest absolute Gasteiger partial charge is 0.377 e. The highest BCUT2D eigenvalue weighted by Crippen LogP contribution is 2.30. The number of aromatic nitrogens is 2. The van der Waals surface area contributed by atoms with Crippen molar-refractivity contribution in [2.45, 2.75) is 25.1 Å². The molecule has 1 aliphatic rings. The third kappa shape index (κ3) is 5.46. The van der Waals surface area contributed by atoms with Crippen LogP contribution in [0.5, 0.6) is 0 Å². The highest BCUT2D eigenvalue weighted by atomic mass is 19.4. The number of hydrogen-bond donors (Lipinski definition) is 1. The van der Waals surface area contributed by atoms with E-state index in [2.05, 4.69) is 25.1 Å². The summed E-state index contributed by atoms with van der Waals surface area (Å²) in [5.74, 6) is 1.05. The number of nitrogens with one attached hydrogen (secondary N) is 1. The lowest BCUT2D eigenvalue weighted by Gasteiger charge is -2.36. The Labute approximate surface area is 167 Å². The van der Waals surface area contributed by atoms with Crippen LogP contribution in [0, 0.1) is 0 Å². The van der Waals surface area contributed by atoms with Crippen molar-refractivity contribution in [2.75, 3.05) is 30.4 Å². The van der Waals surface area contributed by atoms with Crippen LogP contribution in [0.25, 0.3) is 0 Å². The lowest BCUT2D eigenvalue weighted by molar-refractivity contribution is -0.137. The summed E-state index contributed by atoms with van der Waals surface area (Å²) in [6.45, 7) is 1.70. The highest BCUT2D eigenvalue weighted by molar-refractivity contribution is 5.64. The van der Waals surface area contributed by atoms with Crippen LogP contribution in [0.4, 0.5) is 30.6 Å². The number of nitrogens with zero attached hydrogens (tertiary/aromatic N) is 4. The van der Waals surface area contributed by atoms with Gasteiger partial charge in [-0.3, -0.25) is 4.79 Å². The molecule has 9 heteroatoms. The van der Waals surface area contributed by atoms with Gasteiger partial charge >= 0.3 is 6.18 Å². The summed E-state index contributed by atoms with van der Waals surface area (Å²) >= 11 is 0. The monoisotopic (exact) mass is 405 g/mol. The summed E-state index contributed by atoms with van der Waals surface area (Å²) in [6, 6.07) is 6.84. The average Bonchev–Trinajstić information content (AvgIpc) is 2.72. The van der Waals surface area contributed by atoms with E-state index in [0.717, 1.165) is 50.2 Å². The van der Waals surface area contributed by atoms with Crippen molar-refractivity contribution in [3.63, 3.8) is 0 Å². The Bertz CT molecular complexity index is 846. The zero-order chi connectivity index (χ0) is 20.9. The van der Waals surface area contributed by atoms with Gasteiger partial charge in [0.15, 0.2) is 0 Å². The van der Waals surface area contributed by atoms with Crippen LogP contribution < -0.4 is 10.2 Å². The predicted octanol–water partition coefficient (Wildman–Crippen LogP) is 3.85. The van der Waals surface area contributed by atoms with Gasteiger partial charge in [0.2, 0.25) is 5.95 Å². The summed E-state index contributed by atoms with van der Waals surface area (Å²) < 4.78 is 38.0. The highest BCUT2D eigenvalue weighted by Gasteiger charge is 2.30. The maximum absolute atomic E-state index is 12.7. The van der Waals surface area contributed by atoms with Crippen LogP contribution >= 0.6 is 0 Å². The summed E-state index contributed by atoms with van der Waals surface area (Å²) in [4.78, 5) is 23.3. The first-order valence-corrected chi connectivity index (χ1v) is 9.23. The van der Waals surface area contributed by atoms with E-state index < -0.39 is 11.7 Å². The molecule has 3 rings (SSSR count). The topological polar surface area (TPSA) is 61.4 Å². The first-order valence-electron chi connectivity index (χ1n) is 9.23. The zero-order valence-corrected chi connectivity index (χ0v) is 15.9. The first kappa shape index (κ1) is 20.6. The van der Waals surface area contributed by atoms with Gasteiger partial charge in [0.1, 0.15) is 12.1 Å². The predicted molar refractivity (Wildman–Crippen MR) is 105 cm³/mol. The largest absolute Gasteiger partial charge is 0.416 e. The van der Waals surface area contributed by atoms with Crippen molar-refractivity contribution in [3.05, 3.63) is 54.4 Å². The second kappa shape index (κ2) is 8.93. The number of carbonyl (C=O) groups excluding carboxylic acids is 1. The van der Waals surface area contributed by atoms with Gasteiger partial charge in [0, 0.05) is 44.3 Å². The van der Waals surface area contributed by atoms with Gasteiger partial charge in [0.25, 0.3) is 0 Å². The van der Waals surface area contributed by atoms with E-state index in [9.17, 15) is 18.0 Å². The van der Waals surface area contributed by atoms with E-state index in [0.29, 0.717) is 17.7 Å². The molecule has 1 aromatic heterocycles. The Hall–Kier alpha value is -3.10. The number of alkyl halides is 3. The lowest BCUT2D eigenvalue weighted by Crippen LogP contribution is -2.42. The van der Waals surface area contributed by atoms with Crippen molar-refractivity contribution in [1.29, 1.82) is 0 Å². The van der Waals surface area contributed by atoms with Crippen molar-refractivity contribution in [3.8, 4) is 0 Å². The normalized spacial score (nSPS) is 15.5. The molecule has 2 aromatic rings. The number of allylic oxidation sites excluding steroid dienone is 1. The Kier molecular flexibility index (Phi) is 6.36. The lowest BCUT2D eigenvalue weighted by atomic mass is 10.0. The number of likely N-dealkylation sites (tertiary alicyclic amines) is 1. The van der Waals surface area contributed by atoms with Crippen LogP contribution in [0.15, 0.2) is 48.8 Å². The van der Waals surface area contributed by atoms with E-state index in [4.69, 9.17) is 0 Å². The fourth-order valence-corrected chi connectivity index (χ4v) is 3.24. The third-order valence-corrected chi connectivity index (χ3v) is 4.89. The van der Waals surface area contributed by atoms with E-state index in [-0.39, 0.29) is 0 Å². The molecule has 0 saturated carbocycles. The Balaban J connectivity index is 1.63. The third-order valence-electron chi connectivity index (χ3n) is 4.89. The van der Waals surface area contributed by atoms with Gasteiger partial charge in [-0.25, -0.2) is 4.98 Å². The summed E-state index contributed by atoms with van der Waals surface area (Å²) in [7, 11) is 1.96. The zero-order valence-electron chi connectivity index (χ0n) is 15.9. The van der Waals surface area contributed by atoms with Crippen LogP contribution in [-0.2, 0) is 11.0 Å². The molecule has 0 unspecified atom stereocenters. The van der Waals surface area contributed by atoms with E-state index in [1.165, 1.54) is 18.2 Å². The number of hydrogen-bond acceptors (Lipinski definition) is 6. The number of halogens is 3. The van der Waals surface area contributed by atoms with Gasteiger partial charge in [-0.15, -0.1) is 0 Å². The SMILES string of the molecule is CN(c1ccnc(Nc2ccc(C(F)(F)F)cc2)n1)C1CCN(C=CC=O)CC1. The summed E-state index contributed by atoms with van der Waals surface area (Å²) in [6.07, 6.45) is 3.16. The van der Waals surface area contributed by atoms with Crippen molar-refractivity contribution < 1.29 is 18.0 Å². The molecule has 1 saturated heterocycles. The van der Waals surface area contributed by atoms with E-state index in [1.807, 2.05) is 7.05 Å². The minimum absolute atomic E-state index is 0.296. The summed E-state index contributed by atoms with van der Waals surface area (Å²) in [5.41, 5.74) is -0.222. The molecule has 1 aromatic carbocycles. The van der Waals surface area contributed by atoms with Crippen LogP contribution in [0.2, 0.25) is 0 Å². The van der Waals surface area contributed by atoms with Crippen molar-refractivity contribution in [1.82, 2.24) is 14.9 Å². The number of piperidine rings is 1. The van der Waals surface area contributed by atoms with Crippen LogP contribution in [0.3, 0.4) is 0 Å². The molecule has 0 amide bonds. The molecule has 154 valence electrons. The van der Waals surface area contributed by atoms with Gasteiger partial charge in [-0.2, -0.15) is 18.2 Å². The number of aldehydes is 1. The molecule has 6 nitrogen and oxygen atoms in total. The quantitative estimate of drug-likeness (QED) is 0.582. The molecule has 29 heavy (non-hydrogen) atoms. The van der Waals surface area contributed by atoms with Gasteiger partial charge < -0.3 is 15.1 Å². The van der Waals surface area contributed by atoms with Crippen molar-refractivity contribution in [2.24, 2.45) is 0 Å². The molecule has 0 aliphatic carbocycles. The molecule has 0 bridgehead atoms. The second-order valence-electron chi connectivity index (χ2n) is 6.79. The minimum atomic E-state index is -4.36. The number of benzene rings is 1. The molecule has 0 spiro atoms. The fourth-order valence-electron chi connectivity index (χ4n) is 3.24. The molecule has 0 atom stereocenters. The van der Waals surface area contributed by atoms with Gasteiger partial charge in [0.05, 0.1) is 5.56 Å². The van der Waals surface area contributed by atoms with Gasteiger partial charge in [-0.05, 0) is 49.2 Å². The molecular weight excluding hydrogens is 383 g/mol. The minimum Gasteiger partial charge on any atom is -0.377 e. The molecule has 2 heterocycles. The Morgan fingerprint density at radius 2 is 1.86 bits per heavy atom. The Morgan fingerprint density at radius 1 is 1.17 bits per heavy atom. The number of anilines is 3. The molecule has 1 aliphatic heterocycles. The maximum atomic E-state index is 12.7. The fraction of sp³-hybridized carbons (Fsp3) is 0.350. The molecular formula is C20H22F3N5O. The van der Waals surface area contributed by atoms with Crippen LogP contribution in [0.1, 0.15) is 18.4 Å². The first-order chi connectivity index (χ1) is 13.9. The summed E-state index contributed by atoms with van der Waals surface area (Å²) in [5, 5.41) is 2.94. The van der Waals surface area contributed by atoms with E-state index >= 15 is 0 Å². The van der Waals surface area contributed by atoms with Crippen molar-refractivity contribution >= 4 is 23.7 Å². The number of rotatable bonds is 6.